The van der Waals surface area contributed by atoms with Gasteiger partial charge in [0.1, 0.15) is 24.2 Å². The molecule has 0 spiro atoms. The Bertz CT molecular complexity index is 2330. The van der Waals surface area contributed by atoms with E-state index in [0.29, 0.717) is 0 Å². The maximum absolute atomic E-state index is 14.6. The van der Waals surface area contributed by atoms with Crippen LogP contribution in [0.1, 0.15) is 154 Å². The predicted molar refractivity (Wildman–Crippen MR) is 299 cm³/mol. The van der Waals surface area contributed by atoms with Crippen molar-refractivity contribution in [3.63, 3.8) is 0 Å². The van der Waals surface area contributed by atoms with Crippen LogP contribution in [0, 0.1) is 22.7 Å². The quantitative estimate of drug-likeness (QED) is 0.140. The molecule has 2 aromatic rings. The molecule has 2 saturated heterocycles. The van der Waals surface area contributed by atoms with E-state index in [2.05, 4.69) is 44.0 Å². The van der Waals surface area contributed by atoms with Crippen molar-refractivity contribution in [1.29, 1.82) is 0 Å². The van der Waals surface area contributed by atoms with E-state index in [1.54, 1.807) is 47.5 Å². The molecule has 2 aliphatic heterocycles. The second kappa shape index (κ2) is 25.9. The monoisotopic (exact) mass is 1080 g/mol. The molecule has 6 N–H and O–H groups in total. The van der Waals surface area contributed by atoms with E-state index in [4.69, 9.17) is 0 Å². The van der Waals surface area contributed by atoms with Crippen molar-refractivity contribution in [2.45, 2.75) is 181 Å². The molecule has 8 atom stereocenters. The second-order valence-corrected chi connectivity index (χ2v) is 25.0. The number of carbonyl (C=O) groups is 8. The van der Waals surface area contributed by atoms with Crippen molar-refractivity contribution in [2.75, 3.05) is 53.4 Å². The van der Waals surface area contributed by atoms with Gasteiger partial charge in [-0.2, -0.15) is 0 Å². The lowest BCUT2D eigenvalue weighted by Gasteiger charge is -2.45. The van der Waals surface area contributed by atoms with Gasteiger partial charge in [0, 0.05) is 39.0 Å². The van der Waals surface area contributed by atoms with E-state index in [9.17, 15) is 38.4 Å². The summed E-state index contributed by atoms with van der Waals surface area (Å²) in [5.74, 6) is -2.05. The van der Waals surface area contributed by atoms with E-state index in [-0.39, 0.29) is 123 Å². The van der Waals surface area contributed by atoms with Gasteiger partial charge >= 0.3 is 0 Å². The fourth-order valence-electron chi connectivity index (χ4n) is 12.2. The maximum Gasteiger partial charge on any atom is 0.246 e. The van der Waals surface area contributed by atoms with E-state index >= 15 is 0 Å². The number of nitrogens with one attached hydrogen (secondary N) is 6. The van der Waals surface area contributed by atoms with E-state index in [1.807, 2.05) is 77.9 Å². The zero-order chi connectivity index (χ0) is 56.6. The van der Waals surface area contributed by atoms with Gasteiger partial charge in [-0.1, -0.05) is 90.1 Å². The van der Waals surface area contributed by atoms with Crippen molar-refractivity contribution in [3.05, 3.63) is 70.8 Å². The van der Waals surface area contributed by atoms with Gasteiger partial charge in [-0.3, -0.25) is 38.4 Å². The van der Waals surface area contributed by atoms with Gasteiger partial charge in [0.25, 0.3) is 0 Å². The zero-order valence-electron chi connectivity index (χ0n) is 48.2. The van der Waals surface area contributed by atoms with Crippen LogP contribution in [0.2, 0.25) is 0 Å². The Morgan fingerprint density at radius 3 is 1.23 bits per heavy atom. The first-order chi connectivity index (χ1) is 37.0. The number of likely N-dealkylation sites (N-methyl/N-ethyl adjacent to an activating group) is 2. The van der Waals surface area contributed by atoms with Gasteiger partial charge in [-0.15, -0.1) is 0 Å². The first-order valence-corrected chi connectivity index (χ1v) is 28.9. The maximum atomic E-state index is 14.6. The van der Waals surface area contributed by atoms with Crippen LogP contribution in [0.15, 0.2) is 48.5 Å². The van der Waals surface area contributed by atoms with Crippen molar-refractivity contribution in [1.82, 2.24) is 51.5 Å². The smallest absolute Gasteiger partial charge is 0.246 e. The lowest BCUT2D eigenvalue weighted by atomic mass is 9.78. The second-order valence-electron chi connectivity index (χ2n) is 25.0. The summed E-state index contributed by atoms with van der Waals surface area (Å²) >= 11 is 0. The highest BCUT2D eigenvalue weighted by molar-refractivity contribution is 5.96. The molecule has 0 bridgehead atoms. The van der Waals surface area contributed by atoms with Crippen LogP contribution in [0.3, 0.4) is 0 Å². The molecule has 0 radical (unpaired) electrons. The minimum absolute atomic E-state index is 0.0270. The Balaban J connectivity index is 0.994. The fraction of sp³-hybridized carbons (Fsp3) is 0.667. The topological polar surface area (TPSA) is 222 Å². The van der Waals surface area contributed by atoms with Crippen molar-refractivity contribution >= 4 is 47.3 Å². The molecule has 2 aromatic carbocycles. The largest absolute Gasteiger partial charge is 0.347 e. The van der Waals surface area contributed by atoms with Crippen molar-refractivity contribution in [2.24, 2.45) is 22.7 Å². The average molecular weight is 1080 g/mol. The molecule has 78 heavy (non-hydrogen) atoms. The van der Waals surface area contributed by atoms with Crippen molar-refractivity contribution < 1.29 is 38.4 Å². The van der Waals surface area contributed by atoms with Crippen molar-refractivity contribution in [3.8, 4) is 0 Å². The van der Waals surface area contributed by atoms with E-state index in [0.717, 1.165) is 75.3 Å². The minimum Gasteiger partial charge on any atom is -0.347 e. The molecule has 18 nitrogen and oxygen atoms in total. The van der Waals surface area contributed by atoms with E-state index in [1.165, 1.54) is 11.1 Å². The summed E-state index contributed by atoms with van der Waals surface area (Å²) in [6.07, 6.45) is 8.71. The number of aryl methyl sites for hydroxylation is 2. The van der Waals surface area contributed by atoms with Crippen LogP contribution in [0.5, 0.6) is 0 Å². The summed E-state index contributed by atoms with van der Waals surface area (Å²) in [6, 6.07) is 10.8. The number of rotatable bonds is 16. The summed E-state index contributed by atoms with van der Waals surface area (Å²) in [5, 5.41) is 18.3. The number of amides is 8. The van der Waals surface area contributed by atoms with Gasteiger partial charge < -0.3 is 51.5 Å². The molecule has 428 valence electrons. The Morgan fingerprint density at radius 1 is 0.526 bits per heavy atom. The highest BCUT2D eigenvalue weighted by Gasteiger charge is 2.46. The molecule has 8 amide bonds. The highest BCUT2D eigenvalue weighted by atomic mass is 16.2. The summed E-state index contributed by atoms with van der Waals surface area (Å²) in [4.78, 5) is 120. The molecule has 3 fully saturated rings. The molecule has 3 aliphatic carbocycles. The highest BCUT2D eigenvalue weighted by Crippen LogP contribution is 2.36. The summed E-state index contributed by atoms with van der Waals surface area (Å²) in [6.45, 7) is 15.6. The fourth-order valence-corrected chi connectivity index (χ4v) is 12.2. The Hall–Kier alpha value is -5.88. The minimum atomic E-state index is -0.975. The first-order valence-electron chi connectivity index (χ1n) is 28.9. The number of piperazine rings is 2. The number of benzene rings is 2. The van der Waals surface area contributed by atoms with E-state index < -0.39 is 47.1 Å². The zero-order valence-corrected chi connectivity index (χ0v) is 48.2. The Kier molecular flexibility index (Phi) is 19.9. The predicted octanol–water partition coefficient (Wildman–Crippen LogP) is 4.32. The van der Waals surface area contributed by atoms with Crippen LogP contribution >= 0.6 is 0 Å². The van der Waals surface area contributed by atoms with Gasteiger partial charge in [0.15, 0.2) is 0 Å². The number of carbonyl (C=O) groups excluding carboxylic acids is 8. The molecule has 1 saturated carbocycles. The average Bonchev–Trinajstić information content (AvgIpc) is 3.50. The number of hydrogen-bond acceptors (Lipinski definition) is 10. The number of hydrogen-bond donors (Lipinski definition) is 6. The lowest BCUT2D eigenvalue weighted by molar-refractivity contribution is -0.153. The third-order valence-electron chi connectivity index (χ3n) is 17.4. The SMILES string of the molecule is CN[C@@H](C)C(=O)N[C@H](C(=O)N1CCN(C(=O)CC2CCC(CC(=O)N3CCN(C(=O)[C@@H](NC(=O)[C@H](C)NC)C(C)(C)C)[C@H](C(=O)N[C@@H]4CCCc5ccccc54)C3)CC2)C[C@H]1C(=O)N[C@@H]1CCCc2ccccc21)C(C)(C)C. The number of nitrogens with zero attached hydrogens (tertiary/aromatic N) is 4. The lowest BCUT2D eigenvalue weighted by Crippen LogP contribution is -2.66. The van der Waals surface area contributed by atoms with Crippen LogP contribution in [-0.2, 0) is 51.2 Å². The summed E-state index contributed by atoms with van der Waals surface area (Å²) in [5.41, 5.74) is 3.13. The van der Waals surface area contributed by atoms with Crippen LogP contribution in [-0.4, -0.2) is 156 Å². The van der Waals surface area contributed by atoms with Gasteiger partial charge in [-0.25, -0.2) is 0 Å². The molecule has 7 rings (SSSR count). The molecule has 0 unspecified atom stereocenters. The normalized spacial score (nSPS) is 24.3. The third-order valence-corrected chi connectivity index (χ3v) is 17.4. The third kappa shape index (κ3) is 14.5. The summed E-state index contributed by atoms with van der Waals surface area (Å²) in [7, 11) is 3.36. The van der Waals surface area contributed by atoms with Crippen LogP contribution < -0.4 is 31.9 Å². The summed E-state index contributed by atoms with van der Waals surface area (Å²) < 4.78 is 0. The Labute approximate surface area is 463 Å². The Morgan fingerprint density at radius 2 is 0.885 bits per heavy atom. The standard InChI is InChI=1S/C60H90N10O8/c1-37(61-9)53(73)65-51(59(3,4)5)57(77)69-31-29-67(35-47(69)55(75)63-45-23-15-19-41-17-11-13-21-43(41)45)49(71)33-39-25-27-40(28-26-39)34-50(72)68-30-32-70(58(78)52(60(6,7)8)66-54(74)38(2)62-10)48(36-68)56(76)64-46-24-16-20-42-18-12-14-22-44(42)46/h11-14,17-18,21-22,37-40,45-48,51-52,61-62H,15-16,19-20,23-36H2,1-10H3,(H,63,75)(H,64,76)(H,65,73)(H,66,74)/t37-,38-,39?,40?,45+,46+,47-,48-,51+,52+/m0/s1. The van der Waals surface area contributed by atoms with Crippen LogP contribution in [0.25, 0.3) is 0 Å². The first kappa shape index (κ1) is 59.8. The van der Waals surface area contributed by atoms with Gasteiger partial charge in [0.05, 0.1) is 37.3 Å². The molecule has 5 aliphatic rings. The van der Waals surface area contributed by atoms with Gasteiger partial charge in [0.2, 0.25) is 47.3 Å². The molecule has 18 heteroatoms. The van der Waals surface area contributed by atoms with Crippen LogP contribution in [0.4, 0.5) is 0 Å². The van der Waals surface area contributed by atoms with Gasteiger partial charge in [-0.05, 0) is 137 Å². The molecule has 0 aromatic heterocycles. The molecular weight excluding hydrogens is 989 g/mol. The molecular formula is C60H90N10O8. The number of fused-ring (bicyclic) bond motifs is 2. The molecule has 2 heterocycles.